The van der Waals surface area contributed by atoms with Crippen molar-refractivity contribution in [1.82, 2.24) is 14.9 Å². The number of halogens is 1. The number of hydrogen-bond donors (Lipinski definition) is 2. The van der Waals surface area contributed by atoms with Gasteiger partial charge in [0.1, 0.15) is 11.3 Å². The number of amides is 1. The molecule has 0 spiro atoms. The number of aliphatic hydroxyl groups is 1. The summed E-state index contributed by atoms with van der Waals surface area (Å²) in [7, 11) is 0. The fraction of sp³-hybridized carbons (Fsp3) is 0.500. The zero-order valence-corrected chi connectivity index (χ0v) is 12.6. The van der Waals surface area contributed by atoms with Crippen LogP contribution in [0.1, 0.15) is 25.6 Å². The number of nitrogens with zero attached hydrogens (tertiary/aromatic N) is 2. The van der Waals surface area contributed by atoms with Crippen molar-refractivity contribution in [2.24, 2.45) is 5.92 Å². The fourth-order valence-electron chi connectivity index (χ4n) is 2.83. The number of nitrogens with one attached hydrogen (secondary N) is 1. The summed E-state index contributed by atoms with van der Waals surface area (Å²) in [5.41, 5.74) is 0.955. The summed E-state index contributed by atoms with van der Waals surface area (Å²) in [5, 5.41) is 9.85. The molecule has 0 radical (unpaired) electrons. The van der Waals surface area contributed by atoms with Crippen molar-refractivity contribution < 1.29 is 14.3 Å². The van der Waals surface area contributed by atoms with E-state index in [0.717, 1.165) is 6.42 Å². The summed E-state index contributed by atoms with van der Waals surface area (Å²) in [6.45, 7) is 3.08. The third-order valence-electron chi connectivity index (χ3n) is 4.36. The Morgan fingerprint density at radius 2 is 2.36 bits per heavy atom. The molecule has 1 aromatic heterocycles. The summed E-state index contributed by atoms with van der Waals surface area (Å²) < 4.78 is 13.6. The van der Waals surface area contributed by atoms with E-state index in [1.165, 1.54) is 6.07 Å². The molecule has 0 bridgehead atoms. The number of carbonyl (C=O) groups is 1. The number of aliphatic hydroxyl groups excluding tert-OH is 1. The lowest BCUT2D eigenvalue weighted by molar-refractivity contribution is -0.135. The average molecular weight is 305 g/mol. The van der Waals surface area contributed by atoms with Gasteiger partial charge in [0.25, 0.3) is 0 Å². The van der Waals surface area contributed by atoms with Gasteiger partial charge in [0.2, 0.25) is 5.91 Å². The Hall–Kier alpha value is -1.95. The lowest BCUT2D eigenvalue weighted by atomic mass is 9.96. The van der Waals surface area contributed by atoms with Crippen LogP contribution in [0, 0.1) is 11.7 Å². The first-order valence-electron chi connectivity index (χ1n) is 7.63. The van der Waals surface area contributed by atoms with Gasteiger partial charge >= 0.3 is 0 Å². The molecule has 22 heavy (non-hydrogen) atoms. The van der Waals surface area contributed by atoms with Crippen LogP contribution in [0.15, 0.2) is 18.2 Å². The highest BCUT2D eigenvalue weighted by Gasteiger charge is 2.27. The monoisotopic (exact) mass is 305 g/mol. The van der Waals surface area contributed by atoms with Crippen LogP contribution in [-0.4, -0.2) is 45.1 Å². The second-order valence-corrected chi connectivity index (χ2v) is 5.99. The number of imidazole rings is 1. The molecule has 2 unspecified atom stereocenters. The summed E-state index contributed by atoms with van der Waals surface area (Å²) in [4.78, 5) is 21.2. The predicted octanol–water partition coefficient (Wildman–Crippen LogP) is 1.86. The number of H-pyrrole nitrogens is 1. The van der Waals surface area contributed by atoms with Crippen LogP contribution in [0.25, 0.3) is 11.0 Å². The minimum atomic E-state index is -0.446. The van der Waals surface area contributed by atoms with Crippen LogP contribution in [0.5, 0.6) is 0 Å². The molecule has 118 valence electrons. The molecule has 1 aromatic carbocycles. The van der Waals surface area contributed by atoms with E-state index in [2.05, 4.69) is 9.97 Å². The van der Waals surface area contributed by atoms with E-state index in [4.69, 9.17) is 0 Å². The van der Waals surface area contributed by atoms with Gasteiger partial charge in [-0.25, -0.2) is 9.37 Å². The van der Waals surface area contributed by atoms with Gasteiger partial charge in [-0.3, -0.25) is 4.79 Å². The van der Waals surface area contributed by atoms with Crippen LogP contribution in [-0.2, 0) is 11.2 Å². The highest BCUT2D eigenvalue weighted by Crippen LogP contribution is 2.19. The van der Waals surface area contributed by atoms with Crippen molar-refractivity contribution in [2.75, 3.05) is 13.1 Å². The SMILES string of the molecule is CC1CCN(C(=O)CCc2nc3c(F)cccc3[nH]2)CC1O. The molecule has 0 saturated carbocycles. The quantitative estimate of drug-likeness (QED) is 0.909. The molecular weight excluding hydrogens is 285 g/mol. The van der Waals surface area contributed by atoms with Gasteiger partial charge < -0.3 is 15.0 Å². The second kappa shape index (κ2) is 6.04. The van der Waals surface area contributed by atoms with Crippen molar-refractivity contribution in [3.05, 3.63) is 29.8 Å². The normalized spacial score (nSPS) is 22.2. The molecule has 2 aromatic rings. The highest BCUT2D eigenvalue weighted by molar-refractivity contribution is 5.77. The van der Waals surface area contributed by atoms with Crippen LogP contribution in [0.2, 0.25) is 0 Å². The molecule has 0 aliphatic carbocycles. The number of likely N-dealkylation sites (tertiary alicyclic amines) is 1. The first-order chi connectivity index (χ1) is 10.5. The van der Waals surface area contributed by atoms with E-state index < -0.39 is 6.10 Å². The minimum Gasteiger partial charge on any atom is -0.391 e. The molecule has 2 atom stereocenters. The first kappa shape index (κ1) is 15.0. The molecule has 3 rings (SSSR count). The lowest BCUT2D eigenvalue weighted by Gasteiger charge is -2.34. The smallest absolute Gasteiger partial charge is 0.223 e. The van der Waals surface area contributed by atoms with Crippen LogP contribution < -0.4 is 0 Å². The first-order valence-corrected chi connectivity index (χ1v) is 7.63. The Bertz CT molecular complexity index is 685. The molecule has 5 nitrogen and oxygen atoms in total. The van der Waals surface area contributed by atoms with Gasteiger partial charge in [0.05, 0.1) is 11.6 Å². The van der Waals surface area contributed by atoms with E-state index in [1.807, 2.05) is 6.92 Å². The van der Waals surface area contributed by atoms with Gasteiger partial charge in [-0.2, -0.15) is 0 Å². The number of piperidine rings is 1. The van der Waals surface area contributed by atoms with Crippen molar-refractivity contribution in [3.63, 3.8) is 0 Å². The van der Waals surface area contributed by atoms with Crippen LogP contribution in [0.4, 0.5) is 4.39 Å². The number of rotatable bonds is 3. The summed E-state index contributed by atoms with van der Waals surface area (Å²) >= 11 is 0. The maximum absolute atomic E-state index is 13.6. The van der Waals surface area contributed by atoms with Gasteiger partial charge in [-0.15, -0.1) is 0 Å². The zero-order chi connectivity index (χ0) is 15.7. The Kier molecular flexibility index (Phi) is 4.11. The topological polar surface area (TPSA) is 69.2 Å². The number of aryl methyl sites for hydroxylation is 1. The Balaban J connectivity index is 1.61. The molecule has 6 heteroatoms. The number of aromatic amines is 1. The summed E-state index contributed by atoms with van der Waals surface area (Å²) in [6, 6.07) is 4.76. The standard InChI is InChI=1S/C16H20FN3O2/c1-10-7-8-20(9-13(10)21)15(22)6-5-14-18-12-4-2-3-11(17)16(12)19-14/h2-4,10,13,21H,5-9H2,1H3,(H,18,19). The Labute approximate surface area is 128 Å². The number of fused-ring (bicyclic) bond motifs is 1. The van der Waals surface area contributed by atoms with Crippen molar-refractivity contribution in [1.29, 1.82) is 0 Å². The maximum atomic E-state index is 13.6. The van der Waals surface area contributed by atoms with E-state index in [9.17, 15) is 14.3 Å². The number of hydrogen-bond acceptors (Lipinski definition) is 3. The summed E-state index contributed by atoms with van der Waals surface area (Å²) in [5.74, 6) is 0.494. The maximum Gasteiger partial charge on any atom is 0.223 e. The molecule has 1 fully saturated rings. The minimum absolute atomic E-state index is 0.00637. The molecule has 2 heterocycles. The van der Waals surface area contributed by atoms with E-state index in [-0.39, 0.29) is 17.6 Å². The number of carbonyl (C=O) groups excluding carboxylic acids is 1. The number of benzene rings is 1. The molecule has 1 saturated heterocycles. The van der Waals surface area contributed by atoms with Gasteiger partial charge in [0.15, 0.2) is 5.82 Å². The third kappa shape index (κ3) is 2.97. The Morgan fingerprint density at radius 3 is 3.09 bits per heavy atom. The van der Waals surface area contributed by atoms with Crippen molar-refractivity contribution >= 4 is 16.9 Å². The number of para-hydroxylation sites is 1. The van der Waals surface area contributed by atoms with Crippen LogP contribution in [0.3, 0.4) is 0 Å². The van der Waals surface area contributed by atoms with Gasteiger partial charge in [0, 0.05) is 25.9 Å². The largest absolute Gasteiger partial charge is 0.391 e. The summed E-state index contributed by atoms with van der Waals surface area (Å²) in [6.07, 6.45) is 1.12. The van der Waals surface area contributed by atoms with Crippen LogP contribution >= 0.6 is 0 Å². The predicted molar refractivity (Wildman–Crippen MR) is 80.7 cm³/mol. The number of aromatic nitrogens is 2. The highest BCUT2D eigenvalue weighted by atomic mass is 19.1. The Morgan fingerprint density at radius 1 is 1.55 bits per heavy atom. The van der Waals surface area contributed by atoms with E-state index in [0.29, 0.717) is 42.8 Å². The zero-order valence-electron chi connectivity index (χ0n) is 12.6. The van der Waals surface area contributed by atoms with Crippen molar-refractivity contribution in [2.45, 2.75) is 32.3 Å². The molecule has 2 N–H and O–H groups in total. The van der Waals surface area contributed by atoms with Crippen molar-refractivity contribution in [3.8, 4) is 0 Å². The molecule has 1 aliphatic rings. The molecular formula is C16H20FN3O2. The van der Waals surface area contributed by atoms with E-state index >= 15 is 0 Å². The van der Waals surface area contributed by atoms with Gasteiger partial charge in [-0.1, -0.05) is 13.0 Å². The molecule has 1 aliphatic heterocycles. The average Bonchev–Trinajstić information content (AvgIpc) is 2.92. The van der Waals surface area contributed by atoms with E-state index in [1.54, 1.807) is 17.0 Å². The van der Waals surface area contributed by atoms with Gasteiger partial charge in [-0.05, 0) is 24.5 Å². The second-order valence-electron chi connectivity index (χ2n) is 5.99. The lowest BCUT2D eigenvalue weighted by Crippen LogP contribution is -2.45. The molecule has 1 amide bonds. The third-order valence-corrected chi connectivity index (χ3v) is 4.36. The number of β-amino-alcohol motifs (C(OH)–C–C–N with tert-alkyl or cyclic N) is 1. The fourth-order valence-corrected chi connectivity index (χ4v) is 2.83.